The Morgan fingerprint density at radius 3 is 2.74 bits per heavy atom. The molecule has 1 unspecified atom stereocenters. The molecule has 0 N–H and O–H groups in total. The summed E-state index contributed by atoms with van der Waals surface area (Å²) in [6.07, 6.45) is 0.256. The highest BCUT2D eigenvalue weighted by Gasteiger charge is 2.38. The third kappa shape index (κ3) is 3.96. The van der Waals surface area contributed by atoms with Crippen molar-refractivity contribution in [1.82, 2.24) is 4.90 Å². The molecule has 2 heterocycles. The molecule has 2 aliphatic rings. The third-order valence-corrected chi connectivity index (χ3v) is 6.79. The predicted octanol–water partition coefficient (Wildman–Crippen LogP) is 4.62. The van der Waals surface area contributed by atoms with Gasteiger partial charge in [0.1, 0.15) is 0 Å². The first kappa shape index (κ1) is 21.1. The number of aryl methyl sites for hydroxylation is 1. The number of thioether (sulfide) groups is 1. The van der Waals surface area contributed by atoms with Crippen LogP contribution in [0.4, 0.5) is 5.69 Å². The van der Waals surface area contributed by atoms with Gasteiger partial charge in [-0.3, -0.25) is 9.69 Å². The minimum atomic E-state index is -0.286. The quantitative estimate of drug-likeness (QED) is 0.683. The summed E-state index contributed by atoms with van der Waals surface area (Å²) in [4.78, 5) is 17.1. The minimum absolute atomic E-state index is 0.0256. The molecule has 2 aliphatic heterocycles. The molecule has 0 radical (unpaired) electrons. The molecule has 160 valence electrons. The molecule has 1 saturated heterocycles. The van der Waals surface area contributed by atoms with Gasteiger partial charge in [0.2, 0.25) is 5.91 Å². The number of hydrogen-bond acceptors (Lipinski definition) is 6. The number of hydrogen-bond donors (Lipinski definition) is 0. The van der Waals surface area contributed by atoms with Crippen LogP contribution in [-0.2, 0) is 4.79 Å². The molecule has 0 aliphatic carbocycles. The molecule has 1 fully saturated rings. The topological polar surface area (TPSA) is 65.8 Å². The lowest BCUT2D eigenvalue weighted by atomic mass is 9.86. The standard InChI is InChI=1S/C24H25N3O3S/c1-4-30-21-10-9-17(11-22(21)29-3)18-12-23(28)27-14-26(15-31-24(27)19(18)13-25)20-8-6-5-7-16(20)2/h5-11,18H,4,12,14-15H2,1-3H3. The molecule has 1 amide bonds. The average molecular weight is 436 g/mol. The molecule has 0 aromatic heterocycles. The zero-order valence-corrected chi connectivity index (χ0v) is 18.7. The van der Waals surface area contributed by atoms with Crippen LogP contribution in [0.2, 0.25) is 0 Å². The number of nitriles is 1. The van der Waals surface area contributed by atoms with Gasteiger partial charge < -0.3 is 14.4 Å². The van der Waals surface area contributed by atoms with Crippen molar-refractivity contribution in [2.45, 2.75) is 26.2 Å². The number of rotatable bonds is 5. The average Bonchev–Trinajstić information content (AvgIpc) is 2.79. The zero-order chi connectivity index (χ0) is 22.0. The van der Waals surface area contributed by atoms with Crippen LogP contribution in [-0.4, -0.2) is 37.1 Å². The Morgan fingerprint density at radius 1 is 1.23 bits per heavy atom. The van der Waals surface area contributed by atoms with E-state index in [9.17, 15) is 10.1 Å². The number of methoxy groups -OCH3 is 1. The number of anilines is 1. The minimum Gasteiger partial charge on any atom is -0.493 e. The lowest BCUT2D eigenvalue weighted by molar-refractivity contribution is -0.129. The largest absolute Gasteiger partial charge is 0.493 e. The van der Waals surface area contributed by atoms with Crippen LogP contribution in [0.3, 0.4) is 0 Å². The van der Waals surface area contributed by atoms with Crippen LogP contribution < -0.4 is 14.4 Å². The van der Waals surface area contributed by atoms with Crippen molar-refractivity contribution in [3.63, 3.8) is 0 Å². The Balaban J connectivity index is 1.67. The first-order valence-corrected chi connectivity index (χ1v) is 11.2. The molecule has 2 aromatic carbocycles. The van der Waals surface area contributed by atoms with Gasteiger partial charge in [-0.25, -0.2) is 0 Å². The fourth-order valence-electron chi connectivity index (χ4n) is 4.09. The molecule has 6 nitrogen and oxygen atoms in total. The van der Waals surface area contributed by atoms with Gasteiger partial charge in [-0.1, -0.05) is 36.0 Å². The molecule has 0 spiro atoms. The monoisotopic (exact) mass is 435 g/mol. The number of benzene rings is 2. The highest BCUT2D eigenvalue weighted by atomic mass is 32.2. The number of nitrogens with zero attached hydrogens (tertiary/aromatic N) is 3. The highest BCUT2D eigenvalue weighted by Crippen LogP contribution is 2.44. The van der Waals surface area contributed by atoms with Crippen molar-refractivity contribution in [3.8, 4) is 17.6 Å². The molecular formula is C24H25N3O3S. The Bertz CT molecular complexity index is 1080. The SMILES string of the molecule is CCOc1ccc(C2CC(=O)N3CN(c4ccccc4C)CSC3=C2C#N)cc1OC. The van der Waals surface area contributed by atoms with Gasteiger partial charge in [0.15, 0.2) is 11.5 Å². The summed E-state index contributed by atoms with van der Waals surface area (Å²) in [7, 11) is 1.59. The Labute approximate surface area is 187 Å². The number of carbonyl (C=O) groups excluding carboxylic acids is 1. The second kappa shape index (κ2) is 8.94. The van der Waals surface area contributed by atoms with Crippen molar-refractivity contribution in [2.24, 2.45) is 0 Å². The summed E-state index contributed by atoms with van der Waals surface area (Å²) in [5.74, 6) is 1.70. The van der Waals surface area contributed by atoms with Crippen LogP contribution in [0.5, 0.6) is 11.5 Å². The van der Waals surface area contributed by atoms with Crippen molar-refractivity contribution < 1.29 is 14.3 Å². The number of allylic oxidation sites excluding steroid dienone is 1. The van der Waals surface area contributed by atoms with E-state index in [2.05, 4.69) is 30.0 Å². The highest BCUT2D eigenvalue weighted by molar-refractivity contribution is 8.03. The Hall–Kier alpha value is -3.11. The summed E-state index contributed by atoms with van der Waals surface area (Å²) in [5, 5.41) is 10.8. The summed E-state index contributed by atoms with van der Waals surface area (Å²) < 4.78 is 11.1. The van der Waals surface area contributed by atoms with Crippen LogP contribution in [0.25, 0.3) is 0 Å². The maximum absolute atomic E-state index is 13.1. The van der Waals surface area contributed by atoms with E-state index in [0.717, 1.165) is 16.3 Å². The normalized spacial score (nSPS) is 18.5. The number of ether oxygens (including phenoxy) is 2. The van der Waals surface area contributed by atoms with Crippen LogP contribution in [0.1, 0.15) is 30.4 Å². The molecule has 7 heteroatoms. The first-order chi connectivity index (χ1) is 15.1. The van der Waals surface area contributed by atoms with E-state index in [1.807, 2.05) is 37.3 Å². The summed E-state index contributed by atoms with van der Waals surface area (Å²) >= 11 is 1.55. The van der Waals surface area contributed by atoms with E-state index in [-0.39, 0.29) is 18.2 Å². The maximum atomic E-state index is 13.1. The molecule has 2 aromatic rings. The van der Waals surface area contributed by atoms with Gasteiger partial charge in [0.25, 0.3) is 0 Å². The van der Waals surface area contributed by atoms with Gasteiger partial charge in [-0.15, -0.1) is 0 Å². The number of fused-ring (bicyclic) bond motifs is 1. The lowest BCUT2D eigenvalue weighted by Crippen LogP contribution is -2.47. The third-order valence-electron chi connectivity index (χ3n) is 5.64. The van der Waals surface area contributed by atoms with Gasteiger partial charge in [0, 0.05) is 18.0 Å². The fourth-order valence-corrected chi connectivity index (χ4v) is 5.25. The zero-order valence-electron chi connectivity index (χ0n) is 17.9. The van der Waals surface area contributed by atoms with E-state index >= 15 is 0 Å². The maximum Gasteiger partial charge on any atom is 0.229 e. The smallest absolute Gasteiger partial charge is 0.229 e. The molecule has 31 heavy (non-hydrogen) atoms. The second-order valence-corrected chi connectivity index (χ2v) is 8.43. The van der Waals surface area contributed by atoms with Gasteiger partial charge >= 0.3 is 0 Å². The van der Waals surface area contributed by atoms with Crippen LogP contribution in [0.15, 0.2) is 53.1 Å². The Kier molecular flexibility index (Phi) is 6.10. The van der Waals surface area contributed by atoms with Gasteiger partial charge in [-0.2, -0.15) is 5.26 Å². The van der Waals surface area contributed by atoms with Gasteiger partial charge in [0.05, 0.1) is 42.9 Å². The predicted molar refractivity (Wildman–Crippen MR) is 122 cm³/mol. The molecule has 0 saturated carbocycles. The fraction of sp³-hybridized carbons (Fsp3) is 0.333. The van der Waals surface area contributed by atoms with Crippen molar-refractivity contribution >= 4 is 23.4 Å². The van der Waals surface area contributed by atoms with Crippen LogP contribution in [0, 0.1) is 18.3 Å². The molecule has 1 atom stereocenters. The van der Waals surface area contributed by atoms with Crippen molar-refractivity contribution in [1.29, 1.82) is 5.26 Å². The Morgan fingerprint density at radius 2 is 2.03 bits per heavy atom. The van der Waals surface area contributed by atoms with Crippen LogP contribution >= 0.6 is 11.8 Å². The first-order valence-electron chi connectivity index (χ1n) is 10.3. The van der Waals surface area contributed by atoms with Crippen molar-refractivity contribution in [2.75, 3.05) is 31.2 Å². The van der Waals surface area contributed by atoms with Gasteiger partial charge in [-0.05, 0) is 43.2 Å². The summed E-state index contributed by atoms with van der Waals surface area (Å²) in [6.45, 7) is 4.98. The number of para-hydroxylation sites is 1. The van der Waals surface area contributed by atoms with E-state index in [1.165, 1.54) is 5.56 Å². The van der Waals surface area contributed by atoms with Crippen molar-refractivity contribution in [3.05, 3.63) is 64.2 Å². The lowest BCUT2D eigenvalue weighted by Gasteiger charge is -2.42. The van der Waals surface area contributed by atoms with E-state index < -0.39 is 0 Å². The molecule has 4 rings (SSSR count). The molecular weight excluding hydrogens is 410 g/mol. The van der Waals surface area contributed by atoms with E-state index in [1.54, 1.807) is 23.8 Å². The van der Waals surface area contributed by atoms with E-state index in [4.69, 9.17) is 9.47 Å². The molecule has 0 bridgehead atoms. The second-order valence-electron chi connectivity index (χ2n) is 7.49. The summed E-state index contributed by atoms with van der Waals surface area (Å²) in [5.41, 5.74) is 3.80. The summed E-state index contributed by atoms with van der Waals surface area (Å²) in [6, 6.07) is 16.2. The number of amides is 1. The van der Waals surface area contributed by atoms with E-state index in [0.29, 0.717) is 36.2 Å². The number of carbonyl (C=O) groups is 1.